The average Bonchev–Trinajstić information content (AvgIpc) is 3.53. The number of carbonyl (C=O) groups is 1. The molecule has 1 amide bonds. The number of anilines is 1. The van der Waals surface area contributed by atoms with Crippen molar-refractivity contribution in [2.45, 2.75) is 38.6 Å². The van der Waals surface area contributed by atoms with Gasteiger partial charge in [0, 0.05) is 37.7 Å². The van der Waals surface area contributed by atoms with Crippen LogP contribution in [0.25, 0.3) is 22.9 Å². The smallest absolute Gasteiger partial charge is 0.222 e. The minimum absolute atomic E-state index is 0.0545. The zero-order valence-corrected chi connectivity index (χ0v) is 20.2. The Hall–Kier alpha value is -4.15. The normalized spacial score (nSPS) is 14.1. The van der Waals surface area contributed by atoms with Crippen LogP contribution in [-0.2, 0) is 11.3 Å². The van der Waals surface area contributed by atoms with Gasteiger partial charge in [0.2, 0.25) is 5.91 Å². The predicted molar refractivity (Wildman–Crippen MR) is 132 cm³/mol. The summed E-state index contributed by atoms with van der Waals surface area (Å²) in [5.74, 6) is -0.487. The van der Waals surface area contributed by atoms with Gasteiger partial charge in [-0.2, -0.15) is 5.10 Å². The van der Waals surface area contributed by atoms with Crippen LogP contribution in [0.4, 0.5) is 14.6 Å². The molecule has 0 saturated carbocycles. The Bertz CT molecular complexity index is 1360. The highest BCUT2D eigenvalue weighted by Crippen LogP contribution is 2.26. The second kappa shape index (κ2) is 11.3. The molecule has 0 unspecified atom stereocenters. The number of hydrogen-bond acceptors (Lipinski definition) is 7. The van der Waals surface area contributed by atoms with Gasteiger partial charge in [-0.25, -0.2) is 18.7 Å². The number of nitrogens with one attached hydrogen (secondary N) is 1. The van der Waals surface area contributed by atoms with E-state index in [4.69, 9.17) is 4.52 Å². The lowest BCUT2D eigenvalue weighted by atomic mass is 10.2. The Labute approximate surface area is 212 Å². The molecule has 1 aliphatic heterocycles. The largest absolute Gasteiger partial charge is 0.367 e. The molecule has 9 nitrogen and oxygen atoms in total. The SMILES string of the molecule is O=C1CCCCCN1CCCNc1nc(-c2cc(-c3ccon3)n(Cc3ccccc3F)n2)ncc1F. The molecule has 1 saturated heterocycles. The topological polar surface area (TPSA) is 102 Å². The molecule has 0 bridgehead atoms. The van der Waals surface area contributed by atoms with Crippen LogP contribution in [-0.4, -0.2) is 55.3 Å². The summed E-state index contributed by atoms with van der Waals surface area (Å²) in [6.07, 6.45) is 6.82. The molecule has 37 heavy (non-hydrogen) atoms. The summed E-state index contributed by atoms with van der Waals surface area (Å²) in [4.78, 5) is 22.5. The van der Waals surface area contributed by atoms with Gasteiger partial charge < -0.3 is 14.7 Å². The van der Waals surface area contributed by atoms with Crippen LogP contribution in [0, 0.1) is 11.6 Å². The van der Waals surface area contributed by atoms with Crippen molar-refractivity contribution in [2.24, 2.45) is 0 Å². The summed E-state index contributed by atoms with van der Waals surface area (Å²) in [7, 11) is 0. The van der Waals surface area contributed by atoms with E-state index < -0.39 is 5.82 Å². The number of nitrogens with zero attached hydrogens (tertiary/aromatic N) is 6. The van der Waals surface area contributed by atoms with Crippen LogP contribution in [0.15, 0.2) is 53.4 Å². The number of carbonyl (C=O) groups excluding carboxylic acids is 1. The zero-order chi connectivity index (χ0) is 25.6. The van der Waals surface area contributed by atoms with Crippen LogP contribution >= 0.6 is 0 Å². The fraction of sp³-hybridized carbons (Fsp3) is 0.346. The Morgan fingerprint density at radius 2 is 1.95 bits per heavy atom. The lowest BCUT2D eigenvalue weighted by Crippen LogP contribution is -2.32. The molecule has 1 aliphatic rings. The number of halogens is 2. The van der Waals surface area contributed by atoms with Gasteiger partial charge in [0.15, 0.2) is 17.5 Å². The van der Waals surface area contributed by atoms with E-state index in [1.165, 1.54) is 12.3 Å². The molecule has 0 atom stereocenters. The molecule has 3 aromatic heterocycles. The minimum atomic E-state index is -0.586. The first-order valence-electron chi connectivity index (χ1n) is 12.3. The van der Waals surface area contributed by atoms with Crippen LogP contribution in [0.1, 0.15) is 37.7 Å². The summed E-state index contributed by atoms with van der Waals surface area (Å²) < 4.78 is 35.4. The quantitative estimate of drug-likeness (QED) is 0.332. The Morgan fingerprint density at radius 3 is 2.78 bits per heavy atom. The van der Waals surface area contributed by atoms with Crippen LogP contribution in [0.5, 0.6) is 0 Å². The lowest BCUT2D eigenvalue weighted by molar-refractivity contribution is -0.130. The van der Waals surface area contributed by atoms with E-state index in [0.29, 0.717) is 48.6 Å². The van der Waals surface area contributed by atoms with Crippen LogP contribution in [0.2, 0.25) is 0 Å². The maximum Gasteiger partial charge on any atom is 0.222 e. The van der Waals surface area contributed by atoms with Gasteiger partial charge in [0.05, 0.1) is 18.4 Å². The second-order valence-electron chi connectivity index (χ2n) is 8.91. The molecule has 1 N–H and O–H groups in total. The molecule has 5 rings (SSSR count). The number of aromatic nitrogens is 5. The van der Waals surface area contributed by atoms with Crippen molar-refractivity contribution in [3.63, 3.8) is 0 Å². The number of amides is 1. The molecule has 192 valence electrons. The molecular formula is C26H27F2N7O2. The molecule has 0 radical (unpaired) electrons. The first kappa shape index (κ1) is 24.5. The summed E-state index contributed by atoms with van der Waals surface area (Å²) in [5, 5.41) is 11.6. The molecule has 11 heteroatoms. The fourth-order valence-electron chi connectivity index (χ4n) is 4.35. The highest BCUT2D eigenvalue weighted by molar-refractivity contribution is 5.76. The summed E-state index contributed by atoms with van der Waals surface area (Å²) in [5.41, 5.74) is 1.93. The van der Waals surface area contributed by atoms with Gasteiger partial charge in [0.25, 0.3) is 0 Å². The number of benzene rings is 1. The Kier molecular flexibility index (Phi) is 7.48. The monoisotopic (exact) mass is 507 g/mol. The van der Waals surface area contributed by atoms with Crippen molar-refractivity contribution in [1.82, 2.24) is 29.8 Å². The second-order valence-corrected chi connectivity index (χ2v) is 8.91. The molecule has 1 fully saturated rings. The maximum absolute atomic E-state index is 14.5. The van der Waals surface area contributed by atoms with Crippen molar-refractivity contribution in [1.29, 1.82) is 0 Å². The number of likely N-dealkylation sites (tertiary alicyclic amines) is 1. The maximum atomic E-state index is 14.5. The van der Waals surface area contributed by atoms with Crippen molar-refractivity contribution in [3.05, 3.63) is 66.1 Å². The molecule has 0 aliphatic carbocycles. The third kappa shape index (κ3) is 5.82. The third-order valence-electron chi connectivity index (χ3n) is 6.30. The van der Waals surface area contributed by atoms with E-state index in [-0.39, 0.29) is 29.9 Å². The first-order valence-corrected chi connectivity index (χ1v) is 12.3. The van der Waals surface area contributed by atoms with Gasteiger partial charge in [-0.05, 0) is 31.4 Å². The van der Waals surface area contributed by atoms with Gasteiger partial charge in [-0.1, -0.05) is 29.8 Å². The van der Waals surface area contributed by atoms with Crippen molar-refractivity contribution in [3.8, 4) is 22.9 Å². The third-order valence-corrected chi connectivity index (χ3v) is 6.30. The molecule has 4 heterocycles. The summed E-state index contributed by atoms with van der Waals surface area (Å²) in [6.45, 7) is 1.99. The number of hydrogen-bond donors (Lipinski definition) is 1. The Balaban J connectivity index is 1.32. The Morgan fingerprint density at radius 1 is 1.05 bits per heavy atom. The fourth-order valence-corrected chi connectivity index (χ4v) is 4.35. The first-order chi connectivity index (χ1) is 18.1. The molecule has 4 aromatic rings. The molecule has 0 spiro atoms. The zero-order valence-electron chi connectivity index (χ0n) is 20.2. The van der Waals surface area contributed by atoms with E-state index in [1.54, 1.807) is 35.0 Å². The van der Waals surface area contributed by atoms with Gasteiger partial charge in [-0.15, -0.1) is 0 Å². The minimum Gasteiger partial charge on any atom is -0.367 e. The van der Waals surface area contributed by atoms with Crippen molar-refractivity contribution >= 4 is 11.7 Å². The molecule has 1 aromatic carbocycles. The van der Waals surface area contributed by atoms with Crippen LogP contribution < -0.4 is 5.32 Å². The summed E-state index contributed by atoms with van der Waals surface area (Å²) >= 11 is 0. The van der Waals surface area contributed by atoms with Gasteiger partial charge >= 0.3 is 0 Å². The lowest BCUT2D eigenvalue weighted by Gasteiger charge is -2.20. The highest BCUT2D eigenvalue weighted by Gasteiger charge is 2.19. The highest BCUT2D eigenvalue weighted by atomic mass is 19.1. The van der Waals surface area contributed by atoms with Gasteiger partial charge in [-0.3, -0.25) is 9.48 Å². The predicted octanol–water partition coefficient (Wildman–Crippen LogP) is 4.53. The number of rotatable bonds is 9. The van der Waals surface area contributed by atoms with E-state index in [1.807, 2.05) is 4.90 Å². The average molecular weight is 508 g/mol. The van der Waals surface area contributed by atoms with E-state index in [9.17, 15) is 13.6 Å². The van der Waals surface area contributed by atoms with E-state index in [2.05, 4.69) is 25.5 Å². The van der Waals surface area contributed by atoms with E-state index in [0.717, 1.165) is 32.0 Å². The standard InChI is InChI=1S/C26H27F2N7O2/c27-19-8-4-3-7-18(19)17-35-23(21-10-14-37-33-21)15-22(32-35)26-30-16-20(28)25(31-26)29-11-6-13-34-12-5-1-2-9-24(34)36/h3-4,7-8,10,14-16H,1-2,5-6,9,11-13,17H2,(H,29,30,31). The molecular weight excluding hydrogens is 480 g/mol. The van der Waals surface area contributed by atoms with Crippen molar-refractivity contribution in [2.75, 3.05) is 25.0 Å². The summed E-state index contributed by atoms with van der Waals surface area (Å²) in [6, 6.07) is 9.83. The van der Waals surface area contributed by atoms with Crippen LogP contribution in [0.3, 0.4) is 0 Å². The van der Waals surface area contributed by atoms with Crippen molar-refractivity contribution < 1.29 is 18.1 Å². The van der Waals surface area contributed by atoms with Gasteiger partial charge in [0.1, 0.15) is 23.5 Å². The van der Waals surface area contributed by atoms with E-state index >= 15 is 0 Å².